The van der Waals surface area contributed by atoms with Gasteiger partial charge in [0.25, 0.3) is 0 Å². The fraction of sp³-hybridized carbons (Fsp3) is 0.476. The number of anilines is 1. The Morgan fingerprint density at radius 1 is 1.24 bits per heavy atom. The normalized spacial score (nSPS) is 29.5. The van der Waals surface area contributed by atoms with Gasteiger partial charge < -0.3 is 9.64 Å². The number of benzene rings is 1. The minimum atomic E-state index is -0.0115. The first kappa shape index (κ1) is 15.2. The van der Waals surface area contributed by atoms with Gasteiger partial charge in [0, 0.05) is 38.0 Å². The molecule has 4 heteroatoms. The smallest absolute Gasteiger partial charge is 0.217 e. The van der Waals surface area contributed by atoms with Gasteiger partial charge in [-0.2, -0.15) is 0 Å². The highest BCUT2D eigenvalue weighted by Gasteiger charge is 2.52. The van der Waals surface area contributed by atoms with Crippen LogP contribution in [-0.4, -0.2) is 42.2 Å². The third-order valence-electron chi connectivity index (χ3n) is 6.23. The number of pyridine rings is 1. The Kier molecular flexibility index (Phi) is 3.49. The van der Waals surface area contributed by atoms with Gasteiger partial charge in [-0.25, -0.2) is 4.98 Å². The first-order chi connectivity index (χ1) is 12.2. The van der Waals surface area contributed by atoms with E-state index in [2.05, 4.69) is 58.2 Å². The molecule has 0 saturated carbocycles. The molecule has 3 fully saturated rings. The molecule has 0 amide bonds. The van der Waals surface area contributed by atoms with E-state index in [1.807, 2.05) is 6.20 Å². The van der Waals surface area contributed by atoms with Crippen molar-refractivity contribution in [3.05, 3.63) is 53.7 Å². The average molecular weight is 334 g/mol. The molecular weight excluding hydrogens is 309 g/mol. The SMILES string of the molecule is [11CH3]N(Cc1ccccc1)c1cnc2c(c1)C[C@@]1(CN3CCC1CC3)O2. The number of hydrogen-bond acceptors (Lipinski definition) is 4. The predicted molar refractivity (Wildman–Crippen MR) is 99.0 cm³/mol. The van der Waals surface area contributed by atoms with Gasteiger partial charge in [-0.1, -0.05) is 30.3 Å². The molecule has 1 spiro atoms. The first-order valence-corrected chi connectivity index (χ1v) is 9.37. The highest BCUT2D eigenvalue weighted by atomic mass is 16.5. The summed E-state index contributed by atoms with van der Waals surface area (Å²) >= 11 is 0. The molecule has 1 aromatic carbocycles. The zero-order chi connectivity index (χ0) is 16.9. The number of nitrogens with zero attached hydrogens (tertiary/aromatic N) is 3. The third-order valence-corrected chi connectivity index (χ3v) is 6.23. The lowest BCUT2D eigenvalue weighted by Gasteiger charge is -2.50. The van der Waals surface area contributed by atoms with Crippen molar-refractivity contribution in [1.82, 2.24) is 9.88 Å². The maximum Gasteiger partial charge on any atom is 0.217 e. The van der Waals surface area contributed by atoms with Gasteiger partial charge in [-0.05, 0) is 37.6 Å². The number of hydrogen-bond donors (Lipinski definition) is 0. The van der Waals surface area contributed by atoms with E-state index in [1.165, 1.54) is 42.7 Å². The van der Waals surface area contributed by atoms with Crippen LogP contribution in [0.15, 0.2) is 42.6 Å². The van der Waals surface area contributed by atoms with Gasteiger partial charge in [0.1, 0.15) is 5.60 Å². The van der Waals surface area contributed by atoms with Crippen LogP contribution in [0.5, 0.6) is 5.88 Å². The number of aromatic nitrogens is 1. The highest BCUT2D eigenvalue weighted by Crippen LogP contribution is 2.46. The van der Waals surface area contributed by atoms with Crippen LogP contribution in [0.2, 0.25) is 0 Å². The zero-order valence-corrected chi connectivity index (χ0v) is 14.8. The van der Waals surface area contributed by atoms with Gasteiger partial charge in [-0.15, -0.1) is 0 Å². The molecule has 1 atom stereocenters. The highest BCUT2D eigenvalue weighted by molar-refractivity contribution is 5.51. The monoisotopic (exact) mass is 334 g/mol. The molecule has 25 heavy (non-hydrogen) atoms. The Hall–Kier alpha value is -2.07. The number of fused-ring (bicyclic) bond motifs is 3. The molecule has 6 rings (SSSR count). The van der Waals surface area contributed by atoms with Crippen LogP contribution in [0.4, 0.5) is 5.69 Å². The van der Waals surface area contributed by atoms with E-state index in [-0.39, 0.29) is 5.60 Å². The molecular formula is C21H25N3O. The van der Waals surface area contributed by atoms with Crippen LogP contribution in [0, 0.1) is 5.92 Å². The third kappa shape index (κ3) is 2.60. The summed E-state index contributed by atoms with van der Waals surface area (Å²) in [6, 6.07) is 12.9. The molecule has 4 aliphatic rings. The molecule has 0 aliphatic carbocycles. The Balaban J connectivity index is 1.37. The van der Waals surface area contributed by atoms with Crippen LogP contribution in [0.3, 0.4) is 0 Å². The van der Waals surface area contributed by atoms with Gasteiger partial charge in [0.2, 0.25) is 5.88 Å². The summed E-state index contributed by atoms with van der Waals surface area (Å²) in [6.07, 6.45) is 5.52. The predicted octanol–water partition coefficient (Wildman–Crippen LogP) is 3.12. The first-order valence-electron chi connectivity index (χ1n) is 9.37. The van der Waals surface area contributed by atoms with Crippen molar-refractivity contribution in [2.24, 2.45) is 5.92 Å². The maximum atomic E-state index is 6.45. The van der Waals surface area contributed by atoms with Gasteiger partial charge in [-0.3, -0.25) is 4.90 Å². The van der Waals surface area contributed by atoms with E-state index >= 15 is 0 Å². The summed E-state index contributed by atoms with van der Waals surface area (Å²) in [4.78, 5) is 9.50. The second-order valence-corrected chi connectivity index (χ2v) is 7.89. The summed E-state index contributed by atoms with van der Waals surface area (Å²) in [5.74, 6) is 1.56. The molecule has 4 aliphatic heterocycles. The average Bonchev–Trinajstić information content (AvgIpc) is 3.00. The summed E-state index contributed by atoms with van der Waals surface area (Å²) in [7, 11) is 2.14. The van der Waals surface area contributed by atoms with Crippen molar-refractivity contribution in [2.75, 3.05) is 31.6 Å². The number of ether oxygens (including phenoxy) is 1. The fourth-order valence-electron chi connectivity index (χ4n) is 4.85. The zero-order valence-electron chi connectivity index (χ0n) is 14.8. The Morgan fingerprint density at radius 2 is 2.04 bits per heavy atom. The van der Waals surface area contributed by atoms with Crippen LogP contribution in [-0.2, 0) is 13.0 Å². The van der Waals surface area contributed by atoms with Crippen molar-refractivity contribution >= 4 is 5.69 Å². The lowest BCUT2D eigenvalue weighted by Crippen LogP contribution is -2.61. The fourth-order valence-corrected chi connectivity index (χ4v) is 4.85. The standard InChI is InChI=1S/C21H25N3O/c1-23(14-16-5-3-2-4-6-16)19-11-17-12-21(25-20(17)22-13-19)15-24-9-7-18(21)8-10-24/h2-6,11,13,18H,7-10,12,14-15H2,1H3/t21-/m0/s1/i1-1. The van der Waals surface area contributed by atoms with Crippen molar-refractivity contribution in [1.29, 1.82) is 0 Å². The minimum absolute atomic E-state index is 0.0115. The van der Waals surface area contributed by atoms with Crippen LogP contribution in [0.1, 0.15) is 24.0 Å². The lowest BCUT2D eigenvalue weighted by atomic mass is 9.73. The molecule has 0 radical (unpaired) electrons. The molecule has 5 heterocycles. The molecule has 2 aromatic rings. The molecule has 4 nitrogen and oxygen atoms in total. The van der Waals surface area contributed by atoms with Gasteiger partial charge in [0.05, 0.1) is 11.9 Å². The van der Waals surface area contributed by atoms with Gasteiger partial charge in [0.15, 0.2) is 0 Å². The quantitative estimate of drug-likeness (QED) is 0.862. The number of rotatable bonds is 3. The van der Waals surface area contributed by atoms with E-state index in [9.17, 15) is 0 Å². The lowest BCUT2D eigenvalue weighted by molar-refractivity contribution is -0.0814. The van der Waals surface area contributed by atoms with Crippen molar-refractivity contribution in [3.63, 3.8) is 0 Å². The molecule has 1 aromatic heterocycles. The summed E-state index contributed by atoms with van der Waals surface area (Å²) in [5, 5.41) is 0. The summed E-state index contributed by atoms with van der Waals surface area (Å²) in [5.41, 5.74) is 3.76. The van der Waals surface area contributed by atoms with Crippen molar-refractivity contribution in [2.45, 2.75) is 31.4 Å². The van der Waals surface area contributed by atoms with E-state index in [1.54, 1.807) is 0 Å². The maximum absolute atomic E-state index is 6.45. The van der Waals surface area contributed by atoms with Crippen molar-refractivity contribution < 1.29 is 4.74 Å². The van der Waals surface area contributed by atoms with Crippen LogP contribution < -0.4 is 9.64 Å². The number of piperidine rings is 3. The Labute approximate surface area is 149 Å². The second kappa shape index (κ2) is 5.73. The van der Waals surface area contributed by atoms with E-state index < -0.39 is 0 Å². The Morgan fingerprint density at radius 3 is 2.76 bits per heavy atom. The van der Waals surface area contributed by atoms with Gasteiger partial charge >= 0.3 is 0 Å². The summed E-state index contributed by atoms with van der Waals surface area (Å²) in [6.45, 7) is 4.45. The topological polar surface area (TPSA) is 28.6 Å². The second-order valence-electron chi connectivity index (χ2n) is 7.89. The molecule has 130 valence electrons. The Bertz CT molecular complexity index is 770. The molecule has 3 saturated heterocycles. The largest absolute Gasteiger partial charge is 0.469 e. The van der Waals surface area contributed by atoms with E-state index in [0.717, 1.165) is 25.4 Å². The molecule has 0 unspecified atom stereocenters. The molecule has 2 bridgehead atoms. The van der Waals surface area contributed by atoms with E-state index in [0.29, 0.717) is 5.92 Å². The van der Waals surface area contributed by atoms with E-state index in [4.69, 9.17) is 4.74 Å². The van der Waals surface area contributed by atoms with Crippen LogP contribution in [0.25, 0.3) is 0 Å². The van der Waals surface area contributed by atoms with Crippen molar-refractivity contribution in [3.8, 4) is 5.88 Å². The molecule has 0 N–H and O–H groups in total. The van der Waals surface area contributed by atoms with Crippen LogP contribution >= 0.6 is 0 Å². The summed E-state index contributed by atoms with van der Waals surface area (Å²) < 4.78 is 6.45. The minimum Gasteiger partial charge on any atom is -0.469 e.